The Bertz CT molecular complexity index is 704. The molecular weight excluding hydrogens is 284 g/mol. The SMILES string of the molecule is O=C1CC(Cc2ccc(NC(=O)c3ccco3)cc2)C(=O)N1. The molecule has 1 unspecified atom stereocenters. The van der Waals surface area contributed by atoms with Gasteiger partial charge in [0.1, 0.15) is 0 Å². The van der Waals surface area contributed by atoms with Crippen molar-refractivity contribution in [1.29, 1.82) is 0 Å². The van der Waals surface area contributed by atoms with E-state index in [0.717, 1.165) is 5.56 Å². The summed E-state index contributed by atoms with van der Waals surface area (Å²) in [5, 5.41) is 5.01. The summed E-state index contributed by atoms with van der Waals surface area (Å²) in [7, 11) is 0. The summed E-state index contributed by atoms with van der Waals surface area (Å²) in [5.74, 6) is -0.836. The predicted molar refractivity (Wildman–Crippen MR) is 78.1 cm³/mol. The standard InChI is InChI=1S/C16H14N2O4/c19-14-9-11(15(20)18-14)8-10-3-5-12(6-4-10)17-16(21)13-2-1-7-22-13/h1-7,11H,8-9H2,(H,17,21)(H,18,19,20). The highest BCUT2D eigenvalue weighted by Crippen LogP contribution is 2.19. The van der Waals surface area contributed by atoms with Gasteiger partial charge in [0.2, 0.25) is 11.8 Å². The van der Waals surface area contributed by atoms with Crippen LogP contribution in [0.4, 0.5) is 5.69 Å². The molecule has 0 saturated carbocycles. The third-order valence-electron chi connectivity index (χ3n) is 3.50. The quantitative estimate of drug-likeness (QED) is 0.841. The highest BCUT2D eigenvalue weighted by atomic mass is 16.3. The number of imide groups is 1. The van der Waals surface area contributed by atoms with Crippen LogP contribution in [0, 0.1) is 5.92 Å². The minimum atomic E-state index is -0.321. The van der Waals surface area contributed by atoms with Crippen molar-refractivity contribution >= 4 is 23.4 Å². The first-order valence-corrected chi connectivity index (χ1v) is 6.89. The predicted octanol–water partition coefficient (Wildman–Crippen LogP) is 1.74. The molecule has 22 heavy (non-hydrogen) atoms. The lowest BCUT2D eigenvalue weighted by atomic mass is 9.98. The molecule has 1 aliphatic heterocycles. The van der Waals surface area contributed by atoms with Crippen LogP contribution in [0.5, 0.6) is 0 Å². The number of benzene rings is 1. The summed E-state index contributed by atoms with van der Waals surface area (Å²) in [4.78, 5) is 34.5. The van der Waals surface area contributed by atoms with Gasteiger partial charge in [-0.15, -0.1) is 0 Å². The van der Waals surface area contributed by atoms with E-state index >= 15 is 0 Å². The third-order valence-corrected chi connectivity index (χ3v) is 3.50. The summed E-state index contributed by atoms with van der Waals surface area (Å²) >= 11 is 0. The first-order chi connectivity index (χ1) is 10.6. The Morgan fingerprint density at radius 3 is 2.59 bits per heavy atom. The number of carbonyl (C=O) groups excluding carboxylic acids is 3. The van der Waals surface area contributed by atoms with Gasteiger partial charge in [-0.2, -0.15) is 0 Å². The number of anilines is 1. The molecule has 2 N–H and O–H groups in total. The zero-order valence-corrected chi connectivity index (χ0v) is 11.7. The van der Waals surface area contributed by atoms with Crippen molar-refractivity contribution in [2.24, 2.45) is 5.92 Å². The number of hydrogen-bond acceptors (Lipinski definition) is 4. The Morgan fingerprint density at radius 1 is 1.23 bits per heavy atom. The second-order valence-corrected chi connectivity index (χ2v) is 5.15. The maximum absolute atomic E-state index is 11.8. The molecule has 1 aliphatic rings. The number of amides is 3. The number of furan rings is 1. The zero-order chi connectivity index (χ0) is 15.5. The Labute approximate surface area is 126 Å². The van der Waals surface area contributed by atoms with Crippen molar-refractivity contribution in [1.82, 2.24) is 5.32 Å². The fourth-order valence-corrected chi connectivity index (χ4v) is 2.38. The molecule has 1 aromatic heterocycles. The second kappa shape index (κ2) is 5.85. The normalized spacial score (nSPS) is 17.4. The van der Waals surface area contributed by atoms with Gasteiger partial charge in [-0.3, -0.25) is 19.7 Å². The van der Waals surface area contributed by atoms with Gasteiger partial charge in [-0.05, 0) is 36.2 Å². The number of rotatable bonds is 4. The highest BCUT2D eigenvalue weighted by molar-refractivity contribution is 6.03. The summed E-state index contributed by atoms with van der Waals surface area (Å²) in [5.41, 5.74) is 1.57. The van der Waals surface area contributed by atoms with Gasteiger partial charge in [0.05, 0.1) is 12.2 Å². The van der Waals surface area contributed by atoms with Crippen molar-refractivity contribution in [3.63, 3.8) is 0 Å². The van der Waals surface area contributed by atoms with Crippen LogP contribution in [0.2, 0.25) is 0 Å². The van der Waals surface area contributed by atoms with Gasteiger partial charge >= 0.3 is 0 Å². The number of nitrogens with one attached hydrogen (secondary N) is 2. The minimum Gasteiger partial charge on any atom is -0.459 e. The molecule has 0 aliphatic carbocycles. The molecular formula is C16H14N2O4. The van der Waals surface area contributed by atoms with Crippen molar-refractivity contribution in [3.05, 3.63) is 54.0 Å². The van der Waals surface area contributed by atoms with Crippen molar-refractivity contribution in [2.75, 3.05) is 5.32 Å². The minimum absolute atomic E-state index is 0.222. The van der Waals surface area contributed by atoms with Gasteiger partial charge in [0.25, 0.3) is 5.91 Å². The van der Waals surface area contributed by atoms with E-state index in [9.17, 15) is 14.4 Å². The number of hydrogen-bond donors (Lipinski definition) is 2. The average molecular weight is 298 g/mol. The molecule has 0 bridgehead atoms. The molecule has 6 nitrogen and oxygen atoms in total. The highest BCUT2D eigenvalue weighted by Gasteiger charge is 2.30. The van der Waals surface area contributed by atoms with E-state index in [4.69, 9.17) is 4.42 Å². The first kappa shape index (κ1) is 14.1. The van der Waals surface area contributed by atoms with Crippen LogP contribution >= 0.6 is 0 Å². The lowest BCUT2D eigenvalue weighted by Gasteiger charge is -2.08. The molecule has 1 aromatic carbocycles. The Balaban J connectivity index is 1.62. The lowest BCUT2D eigenvalue weighted by Crippen LogP contribution is -2.22. The maximum atomic E-state index is 11.8. The molecule has 1 fully saturated rings. The molecule has 2 heterocycles. The largest absolute Gasteiger partial charge is 0.459 e. The van der Waals surface area contributed by atoms with Crippen molar-refractivity contribution < 1.29 is 18.8 Å². The summed E-state index contributed by atoms with van der Waals surface area (Å²) < 4.78 is 5.01. The summed E-state index contributed by atoms with van der Waals surface area (Å²) in [6.07, 6.45) is 2.17. The zero-order valence-electron chi connectivity index (χ0n) is 11.7. The van der Waals surface area contributed by atoms with E-state index in [0.29, 0.717) is 12.1 Å². The van der Waals surface area contributed by atoms with E-state index in [1.807, 2.05) is 12.1 Å². The number of carbonyl (C=O) groups is 3. The van der Waals surface area contributed by atoms with Crippen LogP contribution < -0.4 is 10.6 Å². The Morgan fingerprint density at radius 2 is 2.00 bits per heavy atom. The third kappa shape index (κ3) is 3.06. The summed E-state index contributed by atoms with van der Waals surface area (Å²) in [6, 6.07) is 10.4. The first-order valence-electron chi connectivity index (χ1n) is 6.89. The fraction of sp³-hybridized carbons (Fsp3) is 0.188. The van der Waals surface area contributed by atoms with E-state index < -0.39 is 0 Å². The fourth-order valence-electron chi connectivity index (χ4n) is 2.38. The molecule has 3 amide bonds. The van der Waals surface area contributed by atoms with E-state index in [1.54, 1.807) is 24.3 Å². The average Bonchev–Trinajstić information content (AvgIpc) is 3.12. The van der Waals surface area contributed by atoms with E-state index in [2.05, 4.69) is 10.6 Å². The van der Waals surface area contributed by atoms with Gasteiger partial charge < -0.3 is 9.73 Å². The van der Waals surface area contributed by atoms with Gasteiger partial charge in [-0.1, -0.05) is 12.1 Å². The van der Waals surface area contributed by atoms with Crippen molar-refractivity contribution in [3.8, 4) is 0 Å². The van der Waals surface area contributed by atoms with Crippen LogP contribution in [-0.4, -0.2) is 17.7 Å². The van der Waals surface area contributed by atoms with Crippen LogP contribution in [0.1, 0.15) is 22.5 Å². The lowest BCUT2D eigenvalue weighted by molar-refractivity contribution is -0.125. The monoisotopic (exact) mass is 298 g/mol. The second-order valence-electron chi connectivity index (χ2n) is 5.15. The Hall–Kier alpha value is -2.89. The van der Waals surface area contributed by atoms with Crippen LogP contribution in [0.3, 0.4) is 0 Å². The van der Waals surface area contributed by atoms with E-state index in [-0.39, 0.29) is 35.8 Å². The molecule has 0 spiro atoms. The maximum Gasteiger partial charge on any atom is 0.291 e. The molecule has 3 rings (SSSR count). The van der Waals surface area contributed by atoms with Crippen LogP contribution in [0.15, 0.2) is 47.1 Å². The topological polar surface area (TPSA) is 88.4 Å². The van der Waals surface area contributed by atoms with Gasteiger partial charge in [0.15, 0.2) is 5.76 Å². The van der Waals surface area contributed by atoms with E-state index in [1.165, 1.54) is 6.26 Å². The molecule has 6 heteroatoms. The molecule has 1 atom stereocenters. The Kier molecular flexibility index (Phi) is 3.74. The smallest absolute Gasteiger partial charge is 0.291 e. The molecule has 112 valence electrons. The molecule has 1 saturated heterocycles. The van der Waals surface area contributed by atoms with Crippen molar-refractivity contribution in [2.45, 2.75) is 12.8 Å². The van der Waals surface area contributed by atoms with Crippen LogP contribution in [0.25, 0.3) is 0 Å². The van der Waals surface area contributed by atoms with Gasteiger partial charge in [-0.25, -0.2) is 0 Å². The summed E-state index contributed by atoms with van der Waals surface area (Å²) in [6.45, 7) is 0. The van der Waals surface area contributed by atoms with Gasteiger partial charge in [0, 0.05) is 12.1 Å². The van der Waals surface area contributed by atoms with Crippen LogP contribution in [-0.2, 0) is 16.0 Å². The molecule has 2 aromatic rings. The molecule has 0 radical (unpaired) electrons.